The molecule has 5 heterocycles. The molecule has 0 N–H and O–H groups in total. The van der Waals surface area contributed by atoms with Crippen LogP contribution in [-0.2, 0) is 0 Å². The van der Waals surface area contributed by atoms with Gasteiger partial charge in [0.15, 0.2) is 5.82 Å². The van der Waals surface area contributed by atoms with Crippen LogP contribution < -0.4 is 4.90 Å². The second-order valence-corrected chi connectivity index (χ2v) is 8.24. The molecule has 8 heteroatoms. The summed E-state index contributed by atoms with van der Waals surface area (Å²) in [4.78, 5) is 24.1. The molecule has 0 bridgehead atoms. The number of piperidine rings is 1. The number of benzene rings is 1. The maximum atomic E-state index is 13.5. The summed E-state index contributed by atoms with van der Waals surface area (Å²) in [6.45, 7) is 2.45. The Labute approximate surface area is 179 Å². The highest BCUT2D eigenvalue weighted by Crippen LogP contribution is 2.36. The molecule has 2 aliphatic heterocycles. The maximum absolute atomic E-state index is 13.5. The third kappa shape index (κ3) is 2.98. The molecular formula is C23H23N7O. The number of carbonyl (C=O) groups excluding carboxylic acids is 1. The lowest BCUT2D eigenvalue weighted by molar-refractivity contribution is 0.0678. The van der Waals surface area contributed by atoms with E-state index >= 15 is 0 Å². The summed E-state index contributed by atoms with van der Waals surface area (Å²) in [6, 6.07) is 12.0. The number of para-hydroxylation sites is 1. The number of likely N-dealkylation sites (tertiary alicyclic amines) is 1. The fourth-order valence-corrected chi connectivity index (χ4v) is 5.10. The van der Waals surface area contributed by atoms with E-state index in [1.54, 1.807) is 12.4 Å². The molecule has 8 nitrogen and oxygen atoms in total. The summed E-state index contributed by atoms with van der Waals surface area (Å²) in [6.07, 6.45) is 11.3. The Bertz CT molecular complexity index is 1230. The SMILES string of the molecule is O=C(c1ccccc1-n1nccn1)N1CC[C@H]2CCN(c3nccn4cccc34)[C@H]2C1. The minimum atomic E-state index is 0.0343. The van der Waals surface area contributed by atoms with Gasteiger partial charge in [-0.05, 0) is 43.0 Å². The molecule has 2 fully saturated rings. The van der Waals surface area contributed by atoms with Crippen molar-refractivity contribution in [2.75, 3.05) is 24.5 Å². The zero-order valence-electron chi connectivity index (χ0n) is 17.1. The predicted molar refractivity (Wildman–Crippen MR) is 116 cm³/mol. The van der Waals surface area contributed by atoms with E-state index in [0.29, 0.717) is 23.7 Å². The van der Waals surface area contributed by atoms with Gasteiger partial charge in [0.25, 0.3) is 5.91 Å². The number of nitrogens with zero attached hydrogens (tertiary/aromatic N) is 7. The number of amides is 1. The Balaban J connectivity index is 1.30. The molecule has 3 aromatic heterocycles. The highest BCUT2D eigenvalue weighted by atomic mass is 16.2. The van der Waals surface area contributed by atoms with E-state index < -0.39 is 0 Å². The van der Waals surface area contributed by atoms with Crippen LogP contribution in [0.5, 0.6) is 0 Å². The Kier molecular flexibility index (Phi) is 4.22. The molecule has 2 saturated heterocycles. The lowest BCUT2D eigenvalue weighted by Crippen LogP contribution is -2.50. The predicted octanol–water partition coefficient (Wildman–Crippen LogP) is 2.66. The average Bonchev–Trinajstić information content (AvgIpc) is 3.58. The molecule has 0 unspecified atom stereocenters. The Hall–Kier alpha value is -3.68. The molecule has 6 rings (SSSR count). The van der Waals surface area contributed by atoms with Crippen LogP contribution in [0.1, 0.15) is 23.2 Å². The van der Waals surface area contributed by atoms with E-state index in [0.717, 1.165) is 37.3 Å². The van der Waals surface area contributed by atoms with Gasteiger partial charge in [-0.1, -0.05) is 12.1 Å². The second kappa shape index (κ2) is 7.23. The van der Waals surface area contributed by atoms with Gasteiger partial charge in [-0.25, -0.2) is 4.98 Å². The van der Waals surface area contributed by atoms with E-state index in [1.165, 1.54) is 4.80 Å². The van der Waals surface area contributed by atoms with Gasteiger partial charge in [0, 0.05) is 38.2 Å². The van der Waals surface area contributed by atoms with Gasteiger partial charge in [0.05, 0.1) is 35.2 Å². The van der Waals surface area contributed by atoms with Gasteiger partial charge in [0.2, 0.25) is 0 Å². The van der Waals surface area contributed by atoms with Crippen LogP contribution in [0, 0.1) is 5.92 Å². The second-order valence-electron chi connectivity index (χ2n) is 8.24. The quantitative estimate of drug-likeness (QED) is 0.516. The van der Waals surface area contributed by atoms with Gasteiger partial charge in [-0.2, -0.15) is 15.0 Å². The molecule has 156 valence electrons. The zero-order chi connectivity index (χ0) is 20.8. The Morgan fingerprint density at radius 3 is 2.68 bits per heavy atom. The van der Waals surface area contributed by atoms with Gasteiger partial charge in [-0.15, -0.1) is 0 Å². The first-order chi connectivity index (χ1) is 15.3. The summed E-state index contributed by atoms with van der Waals surface area (Å²) in [5.41, 5.74) is 2.46. The van der Waals surface area contributed by atoms with Crippen molar-refractivity contribution >= 4 is 17.2 Å². The average molecular weight is 413 g/mol. The molecule has 2 atom stereocenters. The van der Waals surface area contributed by atoms with E-state index in [9.17, 15) is 4.79 Å². The van der Waals surface area contributed by atoms with Gasteiger partial charge in [0.1, 0.15) is 0 Å². The van der Waals surface area contributed by atoms with Crippen molar-refractivity contribution in [3.63, 3.8) is 0 Å². The van der Waals surface area contributed by atoms with Crippen molar-refractivity contribution in [2.24, 2.45) is 5.92 Å². The minimum Gasteiger partial charge on any atom is -0.350 e. The molecule has 1 aromatic carbocycles. The van der Waals surface area contributed by atoms with Crippen molar-refractivity contribution < 1.29 is 4.79 Å². The van der Waals surface area contributed by atoms with Crippen LogP contribution >= 0.6 is 0 Å². The summed E-state index contributed by atoms with van der Waals surface area (Å²) in [5, 5.41) is 8.44. The fourth-order valence-electron chi connectivity index (χ4n) is 5.10. The van der Waals surface area contributed by atoms with Crippen LogP contribution in [0.15, 0.2) is 67.4 Å². The van der Waals surface area contributed by atoms with Gasteiger partial charge >= 0.3 is 0 Å². The first kappa shape index (κ1) is 18.1. The highest BCUT2D eigenvalue weighted by Gasteiger charge is 2.41. The van der Waals surface area contributed by atoms with E-state index in [4.69, 9.17) is 4.98 Å². The Morgan fingerprint density at radius 1 is 0.935 bits per heavy atom. The zero-order valence-corrected chi connectivity index (χ0v) is 17.1. The molecule has 0 saturated carbocycles. The maximum Gasteiger partial charge on any atom is 0.256 e. The molecule has 2 aliphatic rings. The third-order valence-corrected chi connectivity index (χ3v) is 6.62. The van der Waals surface area contributed by atoms with Crippen LogP contribution in [0.25, 0.3) is 11.2 Å². The summed E-state index contributed by atoms with van der Waals surface area (Å²) in [5.74, 6) is 1.63. The minimum absolute atomic E-state index is 0.0343. The number of anilines is 1. The third-order valence-electron chi connectivity index (χ3n) is 6.62. The van der Waals surface area contributed by atoms with Crippen LogP contribution in [0.4, 0.5) is 5.82 Å². The summed E-state index contributed by atoms with van der Waals surface area (Å²) >= 11 is 0. The topological polar surface area (TPSA) is 71.6 Å². The lowest BCUT2D eigenvalue weighted by Gasteiger charge is -2.39. The molecule has 4 aromatic rings. The smallest absolute Gasteiger partial charge is 0.256 e. The van der Waals surface area contributed by atoms with E-state index in [-0.39, 0.29) is 11.9 Å². The molecular weight excluding hydrogens is 390 g/mol. The number of hydrogen-bond acceptors (Lipinski definition) is 5. The lowest BCUT2D eigenvalue weighted by atomic mass is 9.91. The summed E-state index contributed by atoms with van der Waals surface area (Å²) in [7, 11) is 0. The van der Waals surface area contributed by atoms with Crippen LogP contribution in [-0.4, -0.2) is 60.9 Å². The first-order valence-corrected chi connectivity index (χ1v) is 10.7. The highest BCUT2D eigenvalue weighted by molar-refractivity contribution is 5.97. The van der Waals surface area contributed by atoms with Crippen molar-refractivity contribution in [1.29, 1.82) is 0 Å². The molecule has 31 heavy (non-hydrogen) atoms. The van der Waals surface area contributed by atoms with Gasteiger partial charge < -0.3 is 14.2 Å². The van der Waals surface area contributed by atoms with E-state index in [1.807, 2.05) is 53.8 Å². The molecule has 0 spiro atoms. The van der Waals surface area contributed by atoms with Crippen molar-refractivity contribution in [3.05, 3.63) is 72.9 Å². The first-order valence-electron chi connectivity index (χ1n) is 10.7. The number of rotatable bonds is 3. The molecule has 0 radical (unpaired) electrons. The van der Waals surface area contributed by atoms with E-state index in [2.05, 4.69) is 25.6 Å². The monoisotopic (exact) mass is 413 g/mol. The molecule has 0 aliphatic carbocycles. The number of hydrogen-bond donors (Lipinski definition) is 0. The van der Waals surface area contributed by atoms with Crippen molar-refractivity contribution in [1.82, 2.24) is 29.3 Å². The van der Waals surface area contributed by atoms with Crippen molar-refractivity contribution in [2.45, 2.75) is 18.9 Å². The van der Waals surface area contributed by atoms with Crippen LogP contribution in [0.2, 0.25) is 0 Å². The number of fused-ring (bicyclic) bond motifs is 2. The van der Waals surface area contributed by atoms with Gasteiger partial charge in [-0.3, -0.25) is 4.79 Å². The standard InChI is InChI=1S/C23H23N7O/c31-23(18-4-1-2-5-19(18)30-25-9-10-26-30)28-13-7-17-8-14-29(21(17)16-28)22-20-6-3-12-27(20)15-11-24-22/h1-6,9-12,15,17,21H,7-8,13-14,16H2/t17-,21-/m0/s1. The number of carbonyl (C=O) groups is 1. The summed E-state index contributed by atoms with van der Waals surface area (Å²) < 4.78 is 2.11. The Morgan fingerprint density at radius 2 is 1.77 bits per heavy atom. The fraction of sp³-hybridized carbons (Fsp3) is 0.304. The number of aromatic nitrogens is 5. The molecule has 1 amide bonds. The van der Waals surface area contributed by atoms with Crippen molar-refractivity contribution in [3.8, 4) is 5.69 Å². The normalized spacial score (nSPS) is 20.9. The van der Waals surface area contributed by atoms with Crippen LogP contribution in [0.3, 0.4) is 0 Å². The largest absolute Gasteiger partial charge is 0.350 e.